The zero-order chi connectivity index (χ0) is 16.9. The monoisotopic (exact) mass is 367 g/mol. The Kier molecular flexibility index (Phi) is 5.49. The molecule has 1 aliphatic rings. The Bertz CT molecular complexity index is 718. The van der Waals surface area contributed by atoms with Crippen LogP contribution in [0.25, 0.3) is 0 Å². The van der Waals surface area contributed by atoms with Gasteiger partial charge in [-0.25, -0.2) is 4.98 Å². The van der Waals surface area contributed by atoms with Crippen LogP contribution in [0.4, 0.5) is 11.8 Å². The van der Waals surface area contributed by atoms with Gasteiger partial charge in [0.05, 0.1) is 19.8 Å². The number of rotatable bonds is 4. The van der Waals surface area contributed by atoms with E-state index in [4.69, 9.17) is 33.0 Å². The van der Waals surface area contributed by atoms with Crippen LogP contribution < -0.4 is 15.5 Å². The van der Waals surface area contributed by atoms with Gasteiger partial charge in [-0.15, -0.1) is 0 Å². The molecule has 1 saturated heterocycles. The summed E-state index contributed by atoms with van der Waals surface area (Å²) in [5, 5.41) is 6.76. The zero-order valence-electron chi connectivity index (χ0n) is 13.2. The van der Waals surface area contributed by atoms with Crippen molar-refractivity contribution in [1.82, 2.24) is 15.3 Å². The maximum Gasteiger partial charge on any atom is 0.232 e. The number of ether oxygens (including phenoxy) is 1. The summed E-state index contributed by atoms with van der Waals surface area (Å²) in [6.45, 7) is 5.27. The molecule has 0 unspecified atom stereocenters. The Morgan fingerprint density at radius 1 is 1.33 bits per heavy atom. The summed E-state index contributed by atoms with van der Waals surface area (Å²) in [7, 11) is 0. The van der Waals surface area contributed by atoms with Gasteiger partial charge in [0.1, 0.15) is 22.5 Å². The molecule has 0 aromatic carbocycles. The van der Waals surface area contributed by atoms with E-state index in [1.54, 1.807) is 6.07 Å². The van der Waals surface area contributed by atoms with Crippen molar-refractivity contribution in [3.05, 3.63) is 34.9 Å². The Balaban J connectivity index is 1.61. The van der Waals surface area contributed by atoms with Crippen LogP contribution in [0.5, 0.6) is 0 Å². The fourth-order valence-corrected chi connectivity index (χ4v) is 2.65. The standard InChI is InChI=1S/C15H18ClN5O2S/c1-10-2-3-11(23-10)9-17-15(24)20-14-18-12(16)8-13(19-14)21-4-6-22-7-5-21/h2-3,8H,4-7,9H2,1H3,(H2,17,18,19,20,24). The van der Waals surface area contributed by atoms with Gasteiger partial charge in [-0.1, -0.05) is 11.6 Å². The molecular weight excluding hydrogens is 350 g/mol. The molecule has 24 heavy (non-hydrogen) atoms. The van der Waals surface area contributed by atoms with Gasteiger partial charge in [0.15, 0.2) is 5.11 Å². The molecule has 7 nitrogen and oxygen atoms in total. The molecule has 0 aliphatic carbocycles. The summed E-state index contributed by atoms with van der Waals surface area (Å²) in [4.78, 5) is 10.7. The maximum atomic E-state index is 6.10. The molecule has 0 radical (unpaired) electrons. The zero-order valence-corrected chi connectivity index (χ0v) is 14.8. The number of nitrogens with one attached hydrogen (secondary N) is 2. The molecule has 2 aromatic rings. The van der Waals surface area contributed by atoms with E-state index in [1.165, 1.54) is 0 Å². The summed E-state index contributed by atoms with van der Waals surface area (Å²) in [6, 6.07) is 5.54. The normalized spacial score (nSPS) is 14.5. The molecular formula is C15H18ClN5O2S. The topological polar surface area (TPSA) is 75.5 Å². The van der Waals surface area contributed by atoms with Crippen LogP contribution in [0, 0.1) is 6.92 Å². The minimum atomic E-state index is 0.358. The van der Waals surface area contributed by atoms with Crippen molar-refractivity contribution in [2.75, 3.05) is 36.5 Å². The van der Waals surface area contributed by atoms with Gasteiger partial charge in [0, 0.05) is 19.2 Å². The first kappa shape index (κ1) is 16.9. The third-order valence-corrected chi connectivity index (χ3v) is 3.90. The minimum Gasteiger partial charge on any atom is -0.465 e. The first-order valence-electron chi connectivity index (χ1n) is 7.57. The number of anilines is 2. The number of furan rings is 1. The second kappa shape index (κ2) is 7.78. The molecule has 1 fully saturated rings. The van der Waals surface area contributed by atoms with Crippen molar-refractivity contribution in [3.63, 3.8) is 0 Å². The Morgan fingerprint density at radius 3 is 2.83 bits per heavy atom. The largest absolute Gasteiger partial charge is 0.465 e. The molecule has 3 rings (SSSR count). The lowest BCUT2D eigenvalue weighted by Gasteiger charge is -2.28. The van der Waals surface area contributed by atoms with Crippen LogP contribution in [-0.4, -0.2) is 41.4 Å². The smallest absolute Gasteiger partial charge is 0.232 e. The SMILES string of the molecule is Cc1ccc(CNC(=S)Nc2nc(Cl)cc(N3CCOCC3)n2)o1. The Labute approximate surface area is 150 Å². The van der Waals surface area contributed by atoms with E-state index in [2.05, 4.69) is 25.5 Å². The average Bonchev–Trinajstić information content (AvgIpc) is 2.99. The second-order valence-electron chi connectivity index (χ2n) is 5.29. The number of halogens is 1. The summed E-state index contributed by atoms with van der Waals surface area (Å²) < 4.78 is 10.8. The number of hydrogen-bond donors (Lipinski definition) is 2. The molecule has 3 heterocycles. The third kappa shape index (κ3) is 4.56. The fourth-order valence-electron chi connectivity index (χ4n) is 2.31. The minimum absolute atomic E-state index is 0.358. The van der Waals surface area contributed by atoms with E-state index >= 15 is 0 Å². The summed E-state index contributed by atoms with van der Waals surface area (Å²) >= 11 is 11.4. The Morgan fingerprint density at radius 2 is 2.12 bits per heavy atom. The molecule has 2 aromatic heterocycles. The van der Waals surface area contributed by atoms with Crippen molar-refractivity contribution < 1.29 is 9.15 Å². The van der Waals surface area contributed by atoms with Crippen LogP contribution >= 0.6 is 23.8 Å². The molecule has 1 aliphatic heterocycles. The van der Waals surface area contributed by atoms with Crippen molar-refractivity contribution in [1.29, 1.82) is 0 Å². The van der Waals surface area contributed by atoms with Gasteiger partial charge in [0.25, 0.3) is 0 Å². The number of hydrogen-bond acceptors (Lipinski definition) is 6. The number of thiocarbonyl (C=S) groups is 1. The van der Waals surface area contributed by atoms with Gasteiger partial charge in [-0.2, -0.15) is 4.98 Å². The van der Waals surface area contributed by atoms with E-state index in [0.29, 0.717) is 36.0 Å². The fraction of sp³-hybridized carbons (Fsp3) is 0.400. The first-order chi connectivity index (χ1) is 11.6. The van der Waals surface area contributed by atoms with E-state index in [-0.39, 0.29) is 0 Å². The highest BCUT2D eigenvalue weighted by atomic mass is 35.5. The highest BCUT2D eigenvalue weighted by Crippen LogP contribution is 2.19. The molecule has 9 heteroatoms. The van der Waals surface area contributed by atoms with Crippen LogP contribution in [0.3, 0.4) is 0 Å². The van der Waals surface area contributed by atoms with Crippen molar-refractivity contribution in [3.8, 4) is 0 Å². The van der Waals surface area contributed by atoms with Crippen LogP contribution in [0.1, 0.15) is 11.5 Å². The van der Waals surface area contributed by atoms with Gasteiger partial charge in [0.2, 0.25) is 5.95 Å². The predicted octanol–water partition coefficient (Wildman–Crippen LogP) is 2.35. The first-order valence-corrected chi connectivity index (χ1v) is 8.36. The molecule has 0 atom stereocenters. The van der Waals surface area contributed by atoms with Gasteiger partial charge >= 0.3 is 0 Å². The molecule has 0 bridgehead atoms. The van der Waals surface area contributed by atoms with Crippen LogP contribution in [0.2, 0.25) is 5.15 Å². The molecule has 0 spiro atoms. The summed E-state index contributed by atoms with van der Waals surface area (Å²) in [6.07, 6.45) is 0. The lowest BCUT2D eigenvalue weighted by Crippen LogP contribution is -2.37. The molecule has 0 saturated carbocycles. The molecule has 128 valence electrons. The van der Waals surface area contributed by atoms with Crippen molar-refractivity contribution in [2.24, 2.45) is 0 Å². The average molecular weight is 368 g/mol. The van der Waals surface area contributed by atoms with E-state index in [0.717, 1.165) is 30.4 Å². The number of aromatic nitrogens is 2. The lowest BCUT2D eigenvalue weighted by molar-refractivity contribution is 0.122. The molecule has 2 N–H and O–H groups in total. The van der Waals surface area contributed by atoms with Crippen LogP contribution in [0.15, 0.2) is 22.6 Å². The molecule has 0 amide bonds. The maximum absolute atomic E-state index is 6.10. The van der Waals surface area contributed by atoms with Gasteiger partial charge < -0.3 is 24.7 Å². The summed E-state index contributed by atoms with van der Waals surface area (Å²) in [5.41, 5.74) is 0. The predicted molar refractivity (Wildman–Crippen MR) is 96.6 cm³/mol. The van der Waals surface area contributed by atoms with E-state index < -0.39 is 0 Å². The van der Waals surface area contributed by atoms with Crippen molar-refractivity contribution >= 4 is 40.7 Å². The highest BCUT2D eigenvalue weighted by molar-refractivity contribution is 7.80. The summed E-state index contributed by atoms with van der Waals surface area (Å²) in [5.74, 6) is 2.78. The van der Waals surface area contributed by atoms with Crippen molar-refractivity contribution in [2.45, 2.75) is 13.5 Å². The van der Waals surface area contributed by atoms with E-state index in [1.807, 2.05) is 19.1 Å². The van der Waals surface area contributed by atoms with Gasteiger partial charge in [-0.3, -0.25) is 0 Å². The van der Waals surface area contributed by atoms with Gasteiger partial charge in [-0.05, 0) is 31.3 Å². The van der Waals surface area contributed by atoms with E-state index in [9.17, 15) is 0 Å². The number of nitrogens with zero attached hydrogens (tertiary/aromatic N) is 3. The number of aryl methyl sites for hydroxylation is 1. The quantitative estimate of drug-likeness (QED) is 0.630. The highest BCUT2D eigenvalue weighted by Gasteiger charge is 2.15. The second-order valence-corrected chi connectivity index (χ2v) is 6.09. The lowest BCUT2D eigenvalue weighted by atomic mass is 10.4. The van der Waals surface area contributed by atoms with Crippen LogP contribution in [-0.2, 0) is 11.3 Å². The number of morpholine rings is 1. The third-order valence-electron chi connectivity index (χ3n) is 3.46. The Hall–Kier alpha value is -1.90.